The third kappa shape index (κ3) is 2.84. The molecule has 112 valence electrons. The van der Waals surface area contributed by atoms with E-state index in [-0.39, 0.29) is 11.6 Å². The summed E-state index contributed by atoms with van der Waals surface area (Å²) in [5, 5.41) is 0. The van der Waals surface area contributed by atoms with Gasteiger partial charge in [-0.3, -0.25) is 0 Å². The Kier molecular flexibility index (Phi) is 4.71. The number of methoxy groups -OCH3 is 1. The lowest BCUT2D eigenvalue weighted by atomic mass is 9.70. The Hall–Kier alpha value is -1.06. The molecule has 1 aromatic rings. The Bertz CT molecular complexity index is 436. The summed E-state index contributed by atoms with van der Waals surface area (Å²) in [7, 11) is 6.03. The van der Waals surface area contributed by atoms with E-state index in [1.807, 2.05) is 12.1 Å². The maximum atomic E-state index is 6.68. The van der Waals surface area contributed by atoms with Crippen molar-refractivity contribution in [1.29, 1.82) is 0 Å². The third-order valence-corrected chi connectivity index (χ3v) is 5.06. The highest BCUT2D eigenvalue weighted by Crippen LogP contribution is 2.42. The second-order valence-electron chi connectivity index (χ2n) is 6.43. The van der Waals surface area contributed by atoms with Gasteiger partial charge >= 0.3 is 0 Å². The smallest absolute Gasteiger partial charge is 0.119 e. The molecule has 2 N–H and O–H groups in total. The van der Waals surface area contributed by atoms with Gasteiger partial charge in [0.25, 0.3) is 0 Å². The van der Waals surface area contributed by atoms with Gasteiger partial charge in [0, 0.05) is 11.6 Å². The minimum absolute atomic E-state index is 0.0279. The van der Waals surface area contributed by atoms with Crippen molar-refractivity contribution in [3.63, 3.8) is 0 Å². The zero-order valence-corrected chi connectivity index (χ0v) is 13.2. The molecule has 0 radical (unpaired) electrons. The van der Waals surface area contributed by atoms with E-state index in [1.165, 1.54) is 31.2 Å². The van der Waals surface area contributed by atoms with Crippen molar-refractivity contribution in [1.82, 2.24) is 4.90 Å². The summed E-state index contributed by atoms with van der Waals surface area (Å²) in [4.78, 5) is 2.34. The van der Waals surface area contributed by atoms with Gasteiger partial charge in [-0.05, 0) is 63.4 Å². The molecule has 1 aliphatic carbocycles. The van der Waals surface area contributed by atoms with E-state index in [0.717, 1.165) is 11.7 Å². The normalized spacial score (nSPS) is 28.4. The maximum Gasteiger partial charge on any atom is 0.119 e. The fourth-order valence-electron chi connectivity index (χ4n) is 3.44. The number of nitrogens with two attached hydrogens (primary N) is 1. The molecule has 0 heterocycles. The molecule has 1 fully saturated rings. The number of rotatable bonds is 4. The molecule has 0 aromatic heterocycles. The molecular weight excluding hydrogens is 248 g/mol. The van der Waals surface area contributed by atoms with E-state index in [4.69, 9.17) is 10.5 Å². The lowest BCUT2D eigenvalue weighted by Crippen LogP contribution is -2.54. The van der Waals surface area contributed by atoms with E-state index in [0.29, 0.717) is 0 Å². The molecule has 0 spiro atoms. The Labute approximate surface area is 123 Å². The molecule has 0 amide bonds. The number of hydrogen-bond acceptors (Lipinski definition) is 3. The largest absolute Gasteiger partial charge is 0.497 e. The molecule has 0 bridgehead atoms. The minimum Gasteiger partial charge on any atom is -0.497 e. The van der Waals surface area contributed by atoms with Crippen molar-refractivity contribution in [2.45, 2.75) is 44.2 Å². The quantitative estimate of drug-likeness (QED) is 0.917. The van der Waals surface area contributed by atoms with Gasteiger partial charge in [0.2, 0.25) is 0 Å². The molecule has 1 unspecified atom stereocenters. The molecule has 3 heteroatoms. The highest BCUT2D eigenvalue weighted by Gasteiger charge is 2.42. The van der Waals surface area contributed by atoms with Crippen molar-refractivity contribution in [2.75, 3.05) is 21.2 Å². The van der Waals surface area contributed by atoms with Crippen LogP contribution in [0.15, 0.2) is 24.3 Å². The van der Waals surface area contributed by atoms with Crippen molar-refractivity contribution < 1.29 is 4.74 Å². The van der Waals surface area contributed by atoms with Crippen LogP contribution in [-0.4, -0.2) is 31.6 Å². The van der Waals surface area contributed by atoms with Gasteiger partial charge < -0.3 is 15.4 Å². The molecule has 1 aliphatic rings. The second-order valence-corrected chi connectivity index (χ2v) is 6.43. The first-order valence-corrected chi connectivity index (χ1v) is 7.56. The summed E-state index contributed by atoms with van der Waals surface area (Å²) in [6.07, 6.45) is 4.85. The van der Waals surface area contributed by atoms with E-state index >= 15 is 0 Å². The standard InChI is InChI=1S/C17H28N2O/c1-13-8-10-17(11-9-13,19(2)3)16(18)14-6-5-7-15(12-14)20-4/h5-7,12-13,16H,8-11,18H2,1-4H3. The Morgan fingerprint density at radius 2 is 1.95 bits per heavy atom. The third-order valence-electron chi connectivity index (χ3n) is 5.06. The van der Waals surface area contributed by atoms with Gasteiger partial charge in [-0.1, -0.05) is 19.1 Å². The van der Waals surface area contributed by atoms with Crippen LogP contribution in [0.5, 0.6) is 5.75 Å². The van der Waals surface area contributed by atoms with Crippen LogP contribution in [0.2, 0.25) is 0 Å². The molecule has 3 nitrogen and oxygen atoms in total. The fraction of sp³-hybridized carbons (Fsp3) is 0.647. The number of hydrogen-bond donors (Lipinski definition) is 1. The summed E-state index contributed by atoms with van der Waals surface area (Å²) < 4.78 is 5.33. The number of benzene rings is 1. The van der Waals surface area contributed by atoms with Crippen molar-refractivity contribution in [2.24, 2.45) is 11.7 Å². The van der Waals surface area contributed by atoms with Crippen LogP contribution in [0.1, 0.15) is 44.2 Å². The lowest BCUT2D eigenvalue weighted by molar-refractivity contribution is 0.0564. The predicted octanol–water partition coefficient (Wildman–Crippen LogP) is 3.21. The molecule has 20 heavy (non-hydrogen) atoms. The Balaban J connectivity index is 2.29. The first-order chi connectivity index (χ1) is 9.49. The van der Waals surface area contributed by atoms with E-state index in [2.05, 4.69) is 38.1 Å². The molecular formula is C17H28N2O. The van der Waals surface area contributed by atoms with Crippen LogP contribution < -0.4 is 10.5 Å². The Morgan fingerprint density at radius 1 is 1.30 bits per heavy atom. The lowest BCUT2D eigenvalue weighted by Gasteiger charge is -2.48. The second kappa shape index (κ2) is 6.15. The zero-order valence-electron chi connectivity index (χ0n) is 13.2. The van der Waals surface area contributed by atoms with Crippen molar-refractivity contribution in [3.05, 3.63) is 29.8 Å². The predicted molar refractivity (Wildman–Crippen MR) is 84.0 cm³/mol. The summed E-state index contributed by atoms with van der Waals surface area (Å²) >= 11 is 0. The van der Waals surface area contributed by atoms with Crippen LogP contribution in [-0.2, 0) is 0 Å². The van der Waals surface area contributed by atoms with Gasteiger partial charge in [-0.15, -0.1) is 0 Å². The maximum absolute atomic E-state index is 6.68. The van der Waals surface area contributed by atoms with E-state index in [1.54, 1.807) is 7.11 Å². The SMILES string of the molecule is COc1cccc(C(N)C2(N(C)C)CCC(C)CC2)c1. The van der Waals surface area contributed by atoms with E-state index in [9.17, 15) is 0 Å². The summed E-state index contributed by atoms with van der Waals surface area (Å²) in [5.74, 6) is 1.71. The molecule has 1 aromatic carbocycles. The molecule has 0 aliphatic heterocycles. The number of nitrogens with zero attached hydrogens (tertiary/aromatic N) is 1. The Morgan fingerprint density at radius 3 is 2.50 bits per heavy atom. The van der Waals surface area contributed by atoms with Gasteiger partial charge in [-0.2, -0.15) is 0 Å². The van der Waals surface area contributed by atoms with Crippen LogP contribution in [0, 0.1) is 5.92 Å². The van der Waals surface area contributed by atoms with Gasteiger partial charge in [-0.25, -0.2) is 0 Å². The van der Waals surface area contributed by atoms with Crippen LogP contribution >= 0.6 is 0 Å². The first kappa shape index (κ1) is 15.3. The van der Waals surface area contributed by atoms with Crippen LogP contribution in [0.4, 0.5) is 0 Å². The van der Waals surface area contributed by atoms with Crippen LogP contribution in [0.3, 0.4) is 0 Å². The fourth-order valence-corrected chi connectivity index (χ4v) is 3.44. The zero-order chi connectivity index (χ0) is 14.8. The average Bonchev–Trinajstić information content (AvgIpc) is 2.47. The van der Waals surface area contributed by atoms with Gasteiger partial charge in [0.15, 0.2) is 0 Å². The molecule has 1 atom stereocenters. The first-order valence-electron chi connectivity index (χ1n) is 7.56. The topological polar surface area (TPSA) is 38.5 Å². The summed E-state index contributed by atoms with van der Waals surface area (Å²) in [6, 6.07) is 8.23. The van der Waals surface area contributed by atoms with E-state index < -0.39 is 0 Å². The van der Waals surface area contributed by atoms with Gasteiger partial charge in [0.05, 0.1) is 7.11 Å². The highest BCUT2D eigenvalue weighted by atomic mass is 16.5. The van der Waals surface area contributed by atoms with Crippen LogP contribution in [0.25, 0.3) is 0 Å². The minimum atomic E-state index is 0.0279. The summed E-state index contributed by atoms with van der Waals surface area (Å²) in [6.45, 7) is 2.34. The monoisotopic (exact) mass is 276 g/mol. The van der Waals surface area contributed by atoms with Crippen molar-refractivity contribution >= 4 is 0 Å². The average molecular weight is 276 g/mol. The number of likely N-dealkylation sites (N-methyl/N-ethyl adjacent to an activating group) is 1. The molecule has 0 saturated heterocycles. The molecule has 1 saturated carbocycles. The summed E-state index contributed by atoms with van der Waals surface area (Å²) in [5.41, 5.74) is 7.92. The van der Waals surface area contributed by atoms with Crippen molar-refractivity contribution in [3.8, 4) is 5.75 Å². The highest BCUT2D eigenvalue weighted by molar-refractivity contribution is 5.32. The molecule has 2 rings (SSSR count). The number of ether oxygens (including phenoxy) is 1. The van der Waals surface area contributed by atoms with Gasteiger partial charge in [0.1, 0.15) is 5.75 Å².